The van der Waals surface area contributed by atoms with Crippen LogP contribution in [0.1, 0.15) is 91.9 Å². The summed E-state index contributed by atoms with van der Waals surface area (Å²) in [4.78, 5) is 37.8. The summed E-state index contributed by atoms with van der Waals surface area (Å²) in [6.07, 6.45) is 9.04. The fourth-order valence-corrected chi connectivity index (χ4v) is 9.65. The van der Waals surface area contributed by atoms with Gasteiger partial charge >= 0.3 is 5.97 Å². The van der Waals surface area contributed by atoms with Crippen LogP contribution < -0.4 is 5.32 Å². The second-order valence-corrected chi connectivity index (χ2v) is 13.7. The van der Waals surface area contributed by atoms with Crippen LogP contribution in [0.3, 0.4) is 0 Å². The lowest BCUT2D eigenvalue weighted by molar-refractivity contribution is -0.175. The summed E-state index contributed by atoms with van der Waals surface area (Å²) in [7, 11) is 1.62. The van der Waals surface area contributed by atoms with Crippen LogP contribution in [-0.2, 0) is 19.1 Å². The van der Waals surface area contributed by atoms with Gasteiger partial charge in [-0.1, -0.05) is 20.8 Å². The molecule has 8 nitrogen and oxygen atoms in total. The van der Waals surface area contributed by atoms with E-state index in [0.29, 0.717) is 41.9 Å². The van der Waals surface area contributed by atoms with E-state index >= 15 is 0 Å². The average molecular weight is 549 g/mol. The van der Waals surface area contributed by atoms with Gasteiger partial charge in [-0.3, -0.25) is 14.4 Å². The molecule has 8 heteroatoms. The third-order valence-corrected chi connectivity index (χ3v) is 11.9. The molecule has 0 radical (unpaired) electrons. The van der Waals surface area contributed by atoms with E-state index in [1.807, 2.05) is 0 Å². The van der Waals surface area contributed by atoms with E-state index in [9.17, 15) is 24.6 Å². The molecular formula is C31H52N2O6. The van der Waals surface area contributed by atoms with E-state index in [-0.39, 0.29) is 54.5 Å². The smallest absolute Gasteiger partial charge is 0.325 e. The summed E-state index contributed by atoms with van der Waals surface area (Å²) in [6, 6.07) is 0. The fourth-order valence-electron chi connectivity index (χ4n) is 9.65. The molecule has 0 spiro atoms. The molecule has 0 heterocycles. The normalized spacial score (nSPS) is 40.0. The van der Waals surface area contributed by atoms with Crippen LogP contribution in [-0.4, -0.2) is 71.8 Å². The van der Waals surface area contributed by atoms with Crippen LogP contribution in [0, 0.1) is 46.3 Å². The first-order valence-electron chi connectivity index (χ1n) is 15.4. The van der Waals surface area contributed by atoms with Crippen molar-refractivity contribution in [3.63, 3.8) is 0 Å². The second-order valence-electron chi connectivity index (χ2n) is 13.7. The Balaban J connectivity index is 1.32. The Hall–Kier alpha value is -1.67. The molecule has 0 bridgehead atoms. The van der Waals surface area contributed by atoms with Crippen molar-refractivity contribution in [2.24, 2.45) is 46.3 Å². The Morgan fingerprint density at radius 3 is 2.51 bits per heavy atom. The average Bonchev–Trinajstić information content (AvgIpc) is 3.26. The second kappa shape index (κ2) is 12.1. The van der Waals surface area contributed by atoms with Crippen molar-refractivity contribution in [2.45, 2.75) is 104 Å². The van der Waals surface area contributed by atoms with Crippen molar-refractivity contribution in [1.29, 1.82) is 0 Å². The van der Waals surface area contributed by atoms with Gasteiger partial charge in [-0.25, -0.2) is 0 Å². The number of nitrogens with zero attached hydrogens (tertiary/aromatic N) is 1. The number of hydrogen-bond acceptors (Lipinski definition) is 6. The van der Waals surface area contributed by atoms with Crippen LogP contribution >= 0.6 is 0 Å². The summed E-state index contributed by atoms with van der Waals surface area (Å²) in [6.45, 7) is 8.69. The van der Waals surface area contributed by atoms with Crippen LogP contribution in [0.15, 0.2) is 0 Å². The molecule has 0 aromatic heterocycles. The number of aliphatic hydroxyl groups excluding tert-OH is 2. The molecule has 39 heavy (non-hydrogen) atoms. The quantitative estimate of drug-likeness (QED) is 0.380. The Morgan fingerprint density at radius 1 is 1.05 bits per heavy atom. The topological polar surface area (TPSA) is 116 Å². The number of rotatable bonds is 9. The van der Waals surface area contributed by atoms with Crippen molar-refractivity contribution in [2.75, 3.05) is 26.7 Å². The van der Waals surface area contributed by atoms with Gasteiger partial charge in [0.1, 0.15) is 6.54 Å². The number of ether oxygens (including phenoxy) is 1. The number of amides is 2. The number of hydrogen-bond donors (Lipinski definition) is 3. The highest BCUT2D eigenvalue weighted by Crippen LogP contribution is 2.68. The number of aliphatic hydroxyl groups is 2. The molecular weight excluding hydrogens is 496 g/mol. The maximum absolute atomic E-state index is 12.8. The molecule has 4 aliphatic carbocycles. The molecule has 4 fully saturated rings. The van der Waals surface area contributed by atoms with E-state index in [4.69, 9.17) is 4.74 Å². The molecule has 2 amide bonds. The highest BCUT2D eigenvalue weighted by Gasteiger charge is 2.63. The molecule has 4 aliphatic rings. The number of fused-ring (bicyclic) bond motifs is 5. The third kappa shape index (κ3) is 5.88. The summed E-state index contributed by atoms with van der Waals surface area (Å²) < 4.78 is 4.81. The Bertz CT molecular complexity index is 912. The Labute approximate surface area is 234 Å². The molecule has 0 aliphatic heterocycles. The molecule has 0 saturated heterocycles. The van der Waals surface area contributed by atoms with Gasteiger partial charge in [0.05, 0.1) is 25.4 Å². The lowest BCUT2D eigenvalue weighted by Gasteiger charge is -2.62. The summed E-state index contributed by atoms with van der Waals surface area (Å²) in [5.41, 5.74) is 0.105. The fraction of sp³-hybridized carbons (Fsp3) is 0.903. The van der Waals surface area contributed by atoms with Crippen molar-refractivity contribution in [3.05, 3.63) is 0 Å². The number of likely N-dealkylation sites (N-methyl/N-ethyl adjacent to an activating group) is 1. The van der Waals surface area contributed by atoms with Gasteiger partial charge in [-0.05, 0) is 111 Å². The molecule has 222 valence electrons. The van der Waals surface area contributed by atoms with E-state index in [1.165, 1.54) is 17.7 Å². The first-order chi connectivity index (χ1) is 18.4. The predicted molar refractivity (Wildman–Crippen MR) is 148 cm³/mol. The number of esters is 1. The summed E-state index contributed by atoms with van der Waals surface area (Å²) in [5, 5.41) is 24.6. The minimum Gasteiger partial charge on any atom is -0.465 e. The molecule has 10 atom stereocenters. The maximum atomic E-state index is 12.8. The zero-order valence-corrected chi connectivity index (χ0v) is 24.8. The van der Waals surface area contributed by atoms with Crippen LogP contribution in [0.5, 0.6) is 0 Å². The van der Waals surface area contributed by atoms with Gasteiger partial charge in [-0.15, -0.1) is 0 Å². The molecule has 4 saturated carbocycles. The van der Waals surface area contributed by atoms with E-state index < -0.39 is 5.97 Å². The van der Waals surface area contributed by atoms with Gasteiger partial charge in [0.25, 0.3) is 0 Å². The van der Waals surface area contributed by atoms with Gasteiger partial charge in [0, 0.05) is 13.5 Å². The van der Waals surface area contributed by atoms with Crippen molar-refractivity contribution in [3.8, 4) is 0 Å². The Morgan fingerprint density at radius 2 is 1.79 bits per heavy atom. The van der Waals surface area contributed by atoms with Crippen molar-refractivity contribution >= 4 is 17.8 Å². The lowest BCUT2D eigenvalue weighted by atomic mass is 9.43. The summed E-state index contributed by atoms with van der Waals surface area (Å²) >= 11 is 0. The number of nitrogens with one attached hydrogen (secondary N) is 1. The highest BCUT2D eigenvalue weighted by molar-refractivity contribution is 5.86. The highest BCUT2D eigenvalue weighted by atomic mass is 16.5. The van der Waals surface area contributed by atoms with E-state index in [0.717, 1.165) is 44.9 Å². The van der Waals surface area contributed by atoms with Gasteiger partial charge < -0.3 is 25.2 Å². The standard InChI is InChI=1S/C31H52N2O6/c1-6-39-29(38)17-32-27(36)18-33(5)28(37)12-7-19(2)23-10-11-24-22-9-8-20-15-21(34)13-14-30(20,3)25(22)16-26(35)31(23,24)4/h19-26,34-35H,6-18H2,1-5H3,(H,32,36)/t19-,20-,21-,22+,23-,24+,25+,26+,30+,31-/m1/s1. The minimum atomic E-state index is -0.493. The van der Waals surface area contributed by atoms with E-state index in [2.05, 4.69) is 26.1 Å². The first-order valence-corrected chi connectivity index (χ1v) is 15.4. The molecule has 3 N–H and O–H groups in total. The zero-order chi connectivity index (χ0) is 28.5. The third-order valence-electron chi connectivity index (χ3n) is 11.9. The maximum Gasteiger partial charge on any atom is 0.325 e. The number of carbonyl (C=O) groups excluding carboxylic acids is 3. The zero-order valence-electron chi connectivity index (χ0n) is 24.8. The lowest BCUT2D eigenvalue weighted by Crippen LogP contribution is -2.58. The molecule has 4 rings (SSSR count). The first kappa shape index (κ1) is 30.3. The molecule has 0 unspecified atom stereocenters. The van der Waals surface area contributed by atoms with Crippen LogP contribution in [0.4, 0.5) is 0 Å². The van der Waals surface area contributed by atoms with Gasteiger partial charge in [0.15, 0.2) is 0 Å². The van der Waals surface area contributed by atoms with Gasteiger partial charge in [0.2, 0.25) is 11.8 Å². The van der Waals surface area contributed by atoms with Crippen LogP contribution in [0.2, 0.25) is 0 Å². The predicted octanol–water partition coefficient (Wildman–Crippen LogP) is 3.53. The summed E-state index contributed by atoms with van der Waals surface area (Å²) in [5.74, 6) is 2.00. The van der Waals surface area contributed by atoms with Crippen molar-refractivity contribution < 1.29 is 29.3 Å². The Kier molecular flexibility index (Phi) is 9.36. The van der Waals surface area contributed by atoms with Crippen LogP contribution in [0.25, 0.3) is 0 Å². The molecule has 0 aromatic rings. The van der Waals surface area contributed by atoms with Gasteiger partial charge in [-0.2, -0.15) is 0 Å². The SMILES string of the molecule is CCOC(=O)CNC(=O)CN(C)C(=O)CC[C@@H](C)[C@H]1CC[C@H]2[C@@H]3CC[C@@H]4C[C@H](O)CC[C@]4(C)[C@H]3C[C@H](O)[C@]12C. The van der Waals surface area contributed by atoms with Crippen molar-refractivity contribution in [1.82, 2.24) is 10.2 Å². The minimum absolute atomic E-state index is 0.0807. The monoisotopic (exact) mass is 548 g/mol. The molecule has 0 aromatic carbocycles. The largest absolute Gasteiger partial charge is 0.465 e. The number of carbonyl (C=O) groups is 3. The van der Waals surface area contributed by atoms with E-state index in [1.54, 1.807) is 14.0 Å².